The quantitative estimate of drug-likeness (QED) is 0.557. The van der Waals surface area contributed by atoms with Gasteiger partial charge < -0.3 is 10.1 Å². The molecule has 5 nitrogen and oxygen atoms in total. The van der Waals surface area contributed by atoms with Crippen molar-refractivity contribution >= 4 is 63.4 Å². The molecule has 2 aromatic heterocycles. The molecule has 2 heterocycles. The van der Waals surface area contributed by atoms with Gasteiger partial charge in [0.05, 0.1) is 15.7 Å². The van der Waals surface area contributed by atoms with Crippen molar-refractivity contribution in [2.45, 2.75) is 13.0 Å². The summed E-state index contributed by atoms with van der Waals surface area (Å²) in [7, 11) is 0. The number of thiazole rings is 1. The lowest BCUT2D eigenvalue weighted by Crippen LogP contribution is -2.30. The Bertz CT molecular complexity index is 941. The van der Waals surface area contributed by atoms with Crippen molar-refractivity contribution in [2.75, 3.05) is 5.32 Å². The number of hydrogen-bond donors (Lipinski definition) is 1. The van der Waals surface area contributed by atoms with Gasteiger partial charge in [0.15, 0.2) is 11.8 Å². The van der Waals surface area contributed by atoms with Crippen LogP contribution in [0.25, 0.3) is 10.6 Å². The molecule has 1 atom stereocenters. The Hall–Kier alpha value is -1.93. The minimum Gasteiger partial charge on any atom is -0.448 e. The Morgan fingerprint density at radius 3 is 2.77 bits per heavy atom. The van der Waals surface area contributed by atoms with Gasteiger partial charge in [-0.25, -0.2) is 9.78 Å². The molecular formula is C17H12Cl2N2O3S2. The minimum atomic E-state index is -1.02. The van der Waals surface area contributed by atoms with Crippen molar-refractivity contribution in [3.8, 4) is 10.6 Å². The number of thiophene rings is 1. The van der Waals surface area contributed by atoms with Gasteiger partial charge in [-0.15, -0.1) is 11.3 Å². The second kappa shape index (κ2) is 8.18. The summed E-state index contributed by atoms with van der Waals surface area (Å²) in [5, 5.41) is 9.33. The fourth-order valence-corrected chi connectivity index (χ4v) is 3.84. The van der Waals surface area contributed by atoms with E-state index in [9.17, 15) is 9.59 Å². The maximum atomic E-state index is 12.2. The highest BCUT2D eigenvalue weighted by Crippen LogP contribution is 2.30. The second-order valence-corrected chi connectivity index (χ2v) is 7.61. The van der Waals surface area contributed by atoms with E-state index in [-0.39, 0.29) is 10.7 Å². The van der Waals surface area contributed by atoms with Crippen LogP contribution in [0, 0.1) is 0 Å². The number of nitrogens with one attached hydrogen (secondary N) is 1. The number of carbonyl (C=O) groups is 2. The van der Waals surface area contributed by atoms with Crippen LogP contribution in [-0.4, -0.2) is 23.0 Å². The maximum Gasteiger partial charge on any atom is 0.358 e. The highest BCUT2D eigenvalue weighted by Gasteiger charge is 2.22. The highest BCUT2D eigenvalue weighted by atomic mass is 35.5. The SMILES string of the molecule is CC(OC(=O)c1csc(-c2ccsc2)n1)C(=O)Nc1cccc(Cl)c1Cl. The molecule has 3 aromatic rings. The molecule has 0 aliphatic carbocycles. The van der Waals surface area contributed by atoms with E-state index in [1.165, 1.54) is 18.3 Å². The average Bonchev–Trinajstić information content (AvgIpc) is 3.29. The lowest BCUT2D eigenvalue weighted by Gasteiger charge is -2.14. The second-order valence-electron chi connectivity index (χ2n) is 5.19. The Labute approximate surface area is 167 Å². The first-order valence-electron chi connectivity index (χ1n) is 7.39. The van der Waals surface area contributed by atoms with Crippen LogP contribution >= 0.6 is 45.9 Å². The van der Waals surface area contributed by atoms with Gasteiger partial charge in [-0.05, 0) is 30.5 Å². The summed E-state index contributed by atoms with van der Waals surface area (Å²) < 4.78 is 5.19. The molecular weight excluding hydrogens is 415 g/mol. The Morgan fingerprint density at radius 2 is 2.04 bits per heavy atom. The first kappa shape index (κ1) is 18.8. The van der Waals surface area contributed by atoms with Crippen LogP contribution in [0.2, 0.25) is 10.0 Å². The van der Waals surface area contributed by atoms with E-state index in [1.54, 1.807) is 34.9 Å². The van der Waals surface area contributed by atoms with E-state index < -0.39 is 18.0 Å². The van der Waals surface area contributed by atoms with Crippen molar-refractivity contribution in [2.24, 2.45) is 0 Å². The first-order valence-corrected chi connectivity index (χ1v) is 9.97. The normalized spacial score (nSPS) is 11.8. The molecule has 1 unspecified atom stereocenters. The summed E-state index contributed by atoms with van der Waals surface area (Å²) in [6, 6.07) is 6.79. The number of carbonyl (C=O) groups excluding carboxylic acids is 2. The Balaban J connectivity index is 1.63. The fourth-order valence-electron chi connectivity index (χ4n) is 2.00. The standard InChI is InChI=1S/C17H12Cl2N2O3S2/c1-9(15(22)20-12-4-2-3-11(18)14(12)19)24-17(23)13-8-26-16(21-13)10-5-6-25-7-10/h2-9H,1H3,(H,20,22). The number of anilines is 1. The Morgan fingerprint density at radius 1 is 1.23 bits per heavy atom. The minimum absolute atomic E-state index is 0.164. The summed E-state index contributed by atoms with van der Waals surface area (Å²) in [4.78, 5) is 28.7. The highest BCUT2D eigenvalue weighted by molar-refractivity contribution is 7.14. The zero-order valence-corrected chi connectivity index (χ0v) is 16.5. The Kier molecular flexibility index (Phi) is 5.93. The molecule has 134 valence electrons. The summed E-state index contributed by atoms with van der Waals surface area (Å²) in [5.74, 6) is -1.18. The van der Waals surface area contributed by atoms with Crippen molar-refractivity contribution < 1.29 is 14.3 Å². The summed E-state index contributed by atoms with van der Waals surface area (Å²) in [6.45, 7) is 1.47. The van der Waals surface area contributed by atoms with Crippen molar-refractivity contribution in [1.29, 1.82) is 0 Å². The third-order valence-corrected chi connectivity index (χ3v) is 5.74. The molecule has 1 amide bonds. The zero-order valence-electron chi connectivity index (χ0n) is 13.4. The van der Waals surface area contributed by atoms with Crippen LogP contribution in [0.1, 0.15) is 17.4 Å². The molecule has 0 radical (unpaired) electrons. The molecule has 3 rings (SSSR count). The van der Waals surface area contributed by atoms with Crippen LogP contribution in [0.4, 0.5) is 5.69 Å². The van der Waals surface area contributed by atoms with Crippen LogP contribution < -0.4 is 5.32 Å². The molecule has 0 saturated heterocycles. The third-order valence-electron chi connectivity index (χ3n) is 3.34. The molecule has 9 heteroatoms. The fraction of sp³-hybridized carbons (Fsp3) is 0.118. The first-order chi connectivity index (χ1) is 12.5. The number of esters is 1. The van der Waals surface area contributed by atoms with E-state index in [2.05, 4.69) is 10.3 Å². The largest absolute Gasteiger partial charge is 0.448 e. The smallest absolute Gasteiger partial charge is 0.358 e. The molecule has 1 aromatic carbocycles. The maximum absolute atomic E-state index is 12.2. The predicted molar refractivity (Wildman–Crippen MR) is 105 cm³/mol. The number of rotatable bonds is 5. The topological polar surface area (TPSA) is 68.3 Å². The van der Waals surface area contributed by atoms with Crippen LogP contribution in [0.3, 0.4) is 0 Å². The molecule has 0 spiro atoms. The lowest BCUT2D eigenvalue weighted by atomic mass is 10.3. The number of aromatic nitrogens is 1. The van der Waals surface area contributed by atoms with Gasteiger partial charge in [0.1, 0.15) is 5.01 Å². The average molecular weight is 427 g/mol. The van der Waals surface area contributed by atoms with E-state index in [0.29, 0.717) is 10.7 Å². The monoisotopic (exact) mass is 426 g/mol. The summed E-state index contributed by atoms with van der Waals surface area (Å²) in [6.07, 6.45) is -1.02. The van der Waals surface area contributed by atoms with E-state index in [4.69, 9.17) is 27.9 Å². The van der Waals surface area contributed by atoms with Crippen molar-refractivity contribution in [3.05, 3.63) is 56.1 Å². The molecule has 0 aliphatic heterocycles. The van der Waals surface area contributed by atoms with Gasteiger partial charge in [0.2, 0.25) is 0 Å². The van der Waals surface area contributed by atoms with Crippen LogP contribution in [-0.2, 0) is 9.53 Å². The van der Waals surface area contributed by atoms with E-state index >= 15 is 0 Å². The van der Waals surface area contributed by atoms with Gasteiger partial charge >= 0.3 is 5.97 Å². The van der Waals surface area contributed by atoms with E-state index in [1.807, 2.05) is 16.8 Å². The van der Waals surface area contributed by atoms with E-state index in [0.717, 1.165) is 10.6 Å². The van der Waals surface area contributed by atoms with Crippen molar-refractivity contribution in [1.82, 2.24) is 4.98 Å². The number of amides is 1. The van der Waals surface area contributed by atoms with Gasteiger partial charge in [-0.1, -0.05) is 29.3 Å². The lowest BCUT2D eigenvalue weighted by molar-refractivity contribution is -0.123. The van der Waals surface area contributed by atoms with Crippen LogP contribution in [0.15, 0.2) is 40.4 Å². The van der Waals surface area contributed by atoms with Gasteiger partial charge in [-0.3, -0.25) is 4.79 Å². The molecule has 0 bridgehead atoms. The number of nitrogens with zero attached hydrogens (tertiary/aromatic N) is 1. The van der Waals surface area contributed by atoms with Gasteiger partial charge in [0, 0.05) is 16.3 Å². The number of benzene rings is 1. The third kappa shape index (κ3) is 4.24. The van der Waals surface area contributed by atoms with Crippen LogP contribution in [0.5, 0.6) is 0 Å². The van der Waals surface area contributed by atoms with Gasteiger partial charge in [-0.2, -0.15) is 11.3 Å². The van der Waals surface area contributed by atoms with Gasteiger partial charge in [0.25, 0.3) is 5.91 Å². The molecule has 0 aliphatic rings. The molecule has 26 heavy (non-hydrogen) atoms. The summed E-state index contributed by atoms with van der Waals surface area (Å²) >= 11 is 14.8. The number of halogens is 2. The number of ether oxygens (including phenoxy) is 1. The molecule has 1 N–H and O–H groups in total. The zero-order chi connectivity index (χ0) is 18.7. The van der Waals surface area contributed by atoms with Crippen molar-refractivity contribution in [3.63, 3.8) is 0 Å². The summed E-state index contributed by atoms with van der Waals surface area (Å²) in [5.41, 5.74) is 1.46. The predicted octanol–water partition coefficient (Wildman–Crippen LogP) is 5.36. The molecule has 0 saturated carbocycles. The molecule has 0 fully saturated rings. The number of hydrogen-bond acceptors (Lipinski definition) is 6.